The van der Waals surface area contributed by atoms with Gasteiger partial charge in [-0.25, -0.2) is 0 Å². The number of rotatable bonds is 10. The summed E-state index contributed by atoms with van der Waals surface area (Å²) in [5, 5.41) is 13.9. The summed E-state index contributed by atoms with van der Waals surface area (Å²) < 4.78 is 10.2. The zero-order valence-electron chi connectivity index (χ0n) is 14.6. The molecule has 0 aliphatic carbocycles. The number of amides is 1. The molecule has 0 aliphatic rings. The number of nitrogens with zero attached hydrogens (tertiary/aromatic N) is 2. The number of benzene rings is 1. The average molecular weight is 344 g/mol. The van der Waals surface area contributed by atoms with Gasteiger partial charge in [0.15, 0.2) is 5.69 Å². The van der Waals surface area contributed by atoms with E-state index in [-0.39, 0.29) is 5.91 Å². The van der Waals surface area contributed by atoms with Gasteiger partial charge < -0.3 is 20.1 Å². The van der Waals surface area contributed by atoms with Gasteiger partial charge >= 0.3 is 0 Å². The maximum atomic E-state index is 12.1. The largest absolute Gasteiger partial charge is 0.497 e. The molecule has 0 aliphatic heterocycles. The van der Waals surface area contributed by atoms with E-state index in [1.54, 1.807) is 26.4 Å². The first-order valence-corrected chi connectivity index (χ1v) is 8.20. The van der Waals surface area contributed by atoms with Gasteiger partial charge in [-0.15, -0.1) is 10.2 Å². The normalized spacial score (nSPS) is 10.3. The molecule has 1 aromatic heterocycles. The zero-order chi connectivity index (χ0) is 17.9. The number of hydrogen-bond acceptors (Lipinski definition) is 6. The minimum absolute atomic E-state index is 0.235. The minimum atomic E-state index is -0.235. The van der Waals surface area contributed by atoms with E-state index in [4.69, 9.17) is 9.47 Å². The van der Waals surface area contributed by atoms with Crippen LogP contribution in [0.4, 0.5) is 5.82 Å². The van der Waals surface area contributed by atoms with Gasteiger partial charge in [0.05, 0.1) is 7.11 Å². The van der Waals surface area contributed by atoms with Gasteiger partial charge in [0.25, 0.3) is 5.91 Å². The molecule has 25 heavy (non-hydrogen) atoms. The molecule has 0 radical (unpaired) electrons. The molecule has 0 atom stereocenters. The summed E-state index contributed by atoms with van der Waals surface area (Å²) in [5.74, 6) is 1.22. The third kappa shape index (κ3) is 6.39. The van der Waals surface area contributed by atoms with Crippen molar-refractivity contribution in [1.29, 1.82) is 0 Å². The molecule has 2 N–H and O–H groups in total. The van der Waals surface area contributed by atoms with Crippen LogP contribution in [-0.2, 0) is 11.2 Å². The Morgan fingerprint density at radius 3 is 2.72 bits per heavy atom. The van der Waals surface area contributed by atoms with E-state index in [0.29, 0.717) is 24.7 Å². The second-order valence-corrected chi connectivity index (χ2v) is 5.43. The molecule has 1 heterocycles. The van der Waals surface area contributed by atoms with Crippen molar-refractivity contribution < 1.29 is 14.3 Å². The van der Waals surface area contributed by atoms with E-state index in [9.17, 15) is 4.79 Å². The number of hydrogen-bond donors (Lipinski definition) is 2. The SMILES string of the molecule is COCCCNc1ccc(C(=O)NCCc2cccc(OC)c2)nn1. The molecule has 1 aromatic carbocycles. The molecule has 7 heteroatoms. The first-order chi connectivity index (χ1) is 12.2. The van der Waals surface area contributed by atoms with Crippen LogP contribution in [0, 0.1) is 0 Å². The molecule has 0 fully saturated rings. The number of methoxy groups -OCH3 is 2. The lowest BCUT2D eigenvalue weighted by molar-refractivity contribution is 0.0948. The maximum Gasteiger partial charge on any atom is 0.271 e. The smallest absolute Gasteiger partial charge is 0.271 e. The first-order valence-electron chi connectivity index (χ1n) is 8.20. The Morgan fingerprint density at radius 1 is 1.12 bits per heavy atom. The summed E-state index contributed by atoms with van der Waals surface area (Å²) in [5.41, 5.74) is 1.40. The van der Waals surface area contributed by atoms with Crippen molar-refractivity contribution in [2.75, 3.05) is 39.2 Å². The number of anilines is 1. The van der Waals surface area contributed by atoms with E-state index in [1.165, 1.54) is 0 Å². The van der Waals surface area contributed by atoms with Crippen molar-refractivity contribution in [3.63, 3.8) is 0 Å². The highest BCUT2D eigenvalue weighted by atomic mass is 16.5. The van der Waals surface area contributed by atoms with Gasteiger partial charge in [-0.2, -0.15) is 0 Å². The van der Waals surface area contributed by atoms with Crippen LogP contribution in [0.5, 0.6) is 5.75 Å². The molecule has 0 unspecified atom stereocenters. The lowest BCUT2D eigenvalue weighted by Crippen LogP contribution is -2.26. The van der Waals surface area contributed by atoms with Crippen molar-refractivity contribution in [2.45, 2.75) is 12.8 Å². The van der Waals surface area contributed by atoms with Crippen molar-refractivity contribution >= 4 is 11.7 Å². The Bertz CT molecular complexity index is 662. The summed E-state index contributed by atoms with van der Waals surface area (Å²) in [4.78, 5) is 12.1. The van der Waals surface area contributed by atoms with Crippen molar-refractivity contribution in [2.24, 2.45) is 0 Å². The Labute approximate surface area is 147 Å². The predicted molar refractivity (Wildman–Crippen MR) is 96.0 cm³/mol. The Kier molecular flexibility index (Phi) is 7.65. The topological polar surface area (TPSA) is 85.4 Å². The molecule has 0 spiro atoms. The molecule has 1 amide bonds. The van der Waals surface area contributed by atoms with Crippen LogP contribution in [-0.4, -0.2) is 50.0 Å². The molecule has 7 nitrogen and oxygen atoms in total. The average Bonchev–Trinajstić information content (AvgIpc) is 2.66. The minimum Gasteiger partial charge on any atom is -0.497 e. The molecule has 2 aromatic rings. The Morgan fingerprint density at radius 2 is 2.00 bits per heavy atom. The fourth-order valence-electron chi connectivity index (χ4n) is 2.22. The maximum absolute atomic E-state index is 12.1. The molecule has 0 saturated heterocycles. The standard InChI is InChI=1S/C18H24N4O3/c1-24-12-4-10-19-17-8-7-16(21-22-17)18(23)20-11-9-14-5-3-6-15(13-14)25-2/h3,5-8,13H,4,9-12H2,1-2H3,(H,19,22)(H,20,23). The molecule has 134 valence electrons. The third-order valence-electron chi connectivity index (χ3n) is 3.56. The fourth-order valence-corrected chi connectivity index (χ4v) is 2.22. The molecule has 0 saturated carbocycles. The molecular formula is C18H24N4O3. The summed E-state index contributed by atoms with van der Waals surface area (Å²) in [6, 6.07) is 11.2. The highest BCUT2D eigenvalue weighted by Gasteiger charge is 2.07. The second-order valence-electron chi connectivity index (χ2n) is 5.43. The first kappa shape index (κ1) is 18.7. The van der Waals surface area contributed by atoms with Crippen LogP contribution in [0.1, 0.15) is 22.5 Å². The third-order valence-corrected chi connectivity index (χ3v) is 3.56. The fraction of sp³-hybridized carbons (Fsp3) is 0.389. The number of carbonyl (C=O) groups is 1. The number of nitrogens with one attached hydrogen (secondary N) is 2. The van der Waals surface area contributed by atoms with Gasteiger partial charge in [-0.3, -0.25) is 4.79 Å². The van der Waals surface area contributed by atoms with E-state index >= 15 is 0 Å². The van der Waals surface area contributed by atoms with E-state index in [1.807, 2.05) is 24.3 Å². The second kappa shape index (κ2) is 10.2. The monoisotopic (exact) mass is 344 g/mol. The summed E-state index contributed by atoms with van der Waals surface area (Å²) in [6.45, 7) is 1.95. The van der Waals surface area contributed by atoms with Crippen molar-refractivity contribution in [3.8, 4) is 5.75 Å². The van der Waals surface area contributed by atoms with Gasteiger partial charge in [0.2, 0.25) is 0 Å². The van der Waals surface area contributed by atoms with E-state index < -0.39 is 0 Å². The Balaban J connectivity index is 1.76. The summed E-state index contributed by atoms with van der Waals surface area (Å²) >= 11 is 0. The van der Waals surface area contributed by atoms with Gasteiger partial charge in [0, 0.05) is 26.8 Å². The van der Waals surface area contributed by atoms with Crippen molar-refractivity contribution in [1.82, 2.24) is 15.5 Å². The van der Waals surface area contributed by atoms with Gasteiger partial charge in [-0.1, -0.05) is 12.1 Å². The Hall–Kier alpha value is -2.67. The zero-order valence-corrected chi connectivity index (χ0v) is 14.6. The lowest BCUT2D eigenvalue weighted by atomic mass is 10.1. The van der Waals surface area contributed by atoms with E-state index in [0.717, 1.165) is 30.7 Å². The predicted octanol–water partition coefficient (Wildman–Crippen LogP) is 1.91. The number of ether oxygens (including phenoxy) is 2. The molecule has 0 bridgehead atoms. The van der Waals surface area contributed by atoms with E-state index in [2.05, 4.69) is 20.8 Å². The van der Waals surface area contributed by atoms with Gasteiger partial charge in [-0.05, 0) is 42.7 Å². The van der Waals surface area contributed by atoms with Crippen LogP contribution in [0.3, 0.4) is 0 Å². The van der Waals surface area contributed by atoms with Crippen molar-refractivity contribution in [3.05, 3.63) is 47.7 Å². The highest BCUT2D eigenvalue weighted by molar-refractivity contribution is 5.92. The van der Waals surface area contributed by atoms with Crippen LogP contribution in [0.15, 0.2) is 36.4 Å². The van der Waals surface area contributed by atoms with Crippen LogP contribution < -0.4 is 15.4 Å². The lowest BCUT2D eigenvalue weighted by Gasteiger charge is -2.07. The summed E-state index contributed by atoms with van der Waals surface area (Å²) in [7, 11) is 3.30. The number of carbonyl (C=O) groups excluding carboxylic acids is 1. The highest BCUT2D eigenvalue weighted by Crippen LogP contribution is 2.12. The molecular weight excluding hydrogens is 320 g/mol. The number of aromatic nitrogens is 2. The van der Waals surface area contributed by atoms with Crippen LogP contribution >= 0.6 is 0 Å². The van der Waals surface area contributed by atoms with Crippen LogP contribution in [0.2, 0.25) is 0 Å². The van der Waals surface area contributed by atoms with Crippen LogP contribution in [0.25, 0.3) is 0 Å². The quantitative estimate of drug-likeness (QED) is 0.641. The summed E-state index contributed by atoms with van der Waals surface area (Å²) in [6.07, 6.45) is 1.60. The molecule has 2 rings (SSSR count). The van der Waals surface area contributed by atoms with Gasteiger partial charge in [0.1, 0.15) is 11.6 Å².